The van der Waals surface area contributed by atoms with E-state index in [0.717, 1.165) is 38.5 Å². The average Bonchev–Trinajstić information content (AvgIpc) is 2.96. The van der Waals surface area contributed by atoms with Crippen molar-refractivity contribution in [1.82, 2.24) is 9.21 Å². The van der Waals surface area contributed by atoms with Gasteiger partial charge in [-0.1, -0.05) is 19.8 Å². The molecule has 0 spiro atoms. The van der Waals surface area contributed by atoms with Gasteiger partial charge in [-0.25, -0.2) is 8.42 Å². The maximum absolute atomic E-state index is 13.1. The van der Waals surface area contributed by atoms with Crippen molar-refractivity contribution >= 4 is 15.9 Å². The summed E-state index contributed by atoms with van der Waals surface area (Å²) < 4.78 is 33.0. The molecular weight excluding hydrogens is 364 g/mol. The van der Waals surface area contributed by atoms with E-state index < -0.39 is 10.0 Å². The molecular formula is C20H30N2O4S. The fraction of sp³-hybridized carbons (Fsp3) is 0.650. The van der Waals surface area contributed by atoms with E-state index in [-0.39, 0.29) is 10.8 Å². The molecule has 7 heteroatoms. The van der Waals surface area contributed by atoms with E-state index in [9.17, 15) is 13.2 Å². The number of methoxy groups -OCH3 is 1. The Kier molecular flexibility index (Phi) is 6.42. The maximum Gasteiger partial charge on any atom is 0.257 e. The average molecular weight is 395 g/mol. The van der Waals surface area contributed by atoms with Gasteiger partial charge in [0.25, 0.3) is 5.91 Å². The summed E-state index contributed by atoms with van der Waals surface area (Å²) in [6, 6.07) is 4.65. The number of amides is 1. The predicted molar refractivity (Wildman–Crippen MR) is 105 cm³/mol. The van der Waals surface area contributed by atoms with Gasteiger partial charge in [-0.05, 0) is 49.8 Å². The number of carbonyl (C=O) groups excluding carboxylic acids is 1. The van der Waals surface area contributed by atoms with Crippen molar-refractivity contribution < 1.29 is 17.9 Å². The molecule has 3 rings (SSSR count). The van der Waals surface area contributed by atoms with Crippen LogP contribution in [0.3, 0.4) is 0 Å². The van der Waals surface area contributed by atoms with Crippen LogP contribution in [0, 0.1) is 5.92 Å². The first kappa shape index (κ1) is 20.1. The number of likely N-dealkylation sites (tertiary alicyclic amines) is 1. The van der Waals surface area contributed by atoms with Gasteiger partial charge < -0.3 is 9.64 Å². The van der Waals surface area contributed by atoms with Crippen LogP contribution in [0.1, 0.15) is 55.8 Å². The zero-order valence-electron chi connectivity index (χ0n) is 16.3. The van der Waals surface area contributed by atoms with Crippen LogP contribution >= 0.6 is 0 Å². The minimum absolute atomic E-state index is 0.141. The quantitative estimate of drug-likeness (QED) is 0.787. The van der Waals surface area contributed by atoms with Gasteiger partial charge in [0.15, 0.2) is 0 Å². The lowest BCUT2D eigenvalue weighted by atomic mass is 10.0. The van der Waals surface area contributed by atoms with Gasteiger partial charge in [-0.2, -0.15) is 4.31 Å². The number of carbonyl (C=O) groups is 1. The molecule has 0 atom stereocenters. The molecule has 0 unspecified atom stereocenters. The van der Waals surface area contributed by atoms with Crippen molar-refractivity contribution in [2.75, 3.05) is 33.3 Å². The zero-order chi connectivity index (χ0) is 19.4. The smallest absolute Gasteiger partial charge is 0.257 e. The summed E-state index contributed by atoms with van der Waals surface area (Å²) in [6.45, 7) is 4.64. The fourth-order valence-corrected chi connectivity index (χ4v) is 5.33. The Morgan fingerprint density at radius 1 is 1.04 bits per heavy atom. The lowest BCUT2D eigenvalue weighted by molar-refractivity contribution is 0.0758. The topological polar surface area (TPSA) is 66.9 Å². The summed E-state index contributed by atoms with van der Waals surface area (Å²) >= 11 is 0. The molecule has 2 heterocycles. The van der Waals surface area contributed by atoms with E-state index in [1.54, 1.807) is 12.1 Å². The highest BCUT2D eigenvalue weighted by molar-refractivity contribution is 7.89. The van der Waals surface area contributed by atoms with Crippen molar-refractivity contribution in [3.8, 4) is 5.75 Å². The first-order valence-electron chi connectivity index (χ1n) is 9.91. The lowest BCUT2D eigenvalue weighted by Gasteiger charge is -2.29. The van der Waals surface area contributed by atoms with E-state index in [1.165, 1.54) is 17.5 Å². The molecule has 0 N–H and O–H groups in total. The molecule has 1 aromatic carbocycles. The van der Waals surface area contributed by atoms with Crippen LogP contribution in [0.5, 0.6) is 5.75 Å². The molecule has 150 valence electrons. The first-order chi connectivity index (χ1) is 12.9. The highest BCUT2D eigenvalue weighted by atomic mass is 32.2. The fourth-order valence-electron chi connectivity index (χ4n) is 3.83. The summed E-state index contributed by atoms with van der Waals surface area (Å²) in [5.74, 6) is 0.834. The van der Waals surface area contributed by atoms with Gasteiger partial charge >= 0.3 is 0 Å². The van der Waals surface area contributed by atoms with Crippen LogP contribution in [0.25, 0.3) is 0 Å². The highest BCUT2D eigenvalue weighted by Crippen LogP contribution is 2.28. The van der Waals surface area contributed by atoms with Gasteiger partial charge in [0.05, 0.1) is 17.6 Å². The minimum atomic E-state index is -3.60. The van der Waals surface area contributed by atoms with Crippen LogP contribution in [0.15, 0.2) is 23.1 Å². The Bertz CT molecular complexity index is 762. The molecule has 0 aromatic heterocycles. The molecule has 2 fully saturated rings. The third kappa shape index (κ3) is 4.46. The standard InChI is InChI=1S/C20H30N2O4S/c1-16-9-13-22(14-10-16)27(24,25)17-7-8-19(26-2)18(15-17)20(23)21-11-5-3-4-6-12-21/h7-8,15-16H,3-6,9-14H2,1-2H3. The predicted octanol–water partition coefficient (Wildman–Crippen LogP) is 3.13. The van der Waals surface area contributed by atoms with Crippen molar-refractivity contribution in [1.29, 1.82) is 0 Å². The normalized spacial score (nSPS) is 20.3. The summed E-state index contributed by atoms with van der Waals surface area (Å²) in [6.07, 6.45) is 5.96. The van der Waals surface area contributed by atoms with E-state index in [4.69, 9.17) is 4.74 Å². The minimum Gasteiger partial charge on any atom is -0.496 e. The van der Waals surface area contributed by atoms with Crippen LogP contribution < -0.4 is 4.74 Å². The molecule has 1 aromatic rings. The Morgan fingerprint density at radius 2 is 1.67 bits per heavy atom. The molecule has 0 radical (unpaired) electrons. The monoisotopic (exact) mass is 394 g/mol. The number of piperidine rings is 1. The van der Waals surface area contributed by atoms with Crippen LogP contribution in [0.2, 0.25) is 0 Å². The molecule has 0 aliphatic carbocycles. The Balaban J connectivity index is 1.89. The number of benzene rings is 1. The van der Waals surface area contributed by atoms with Crippen molar-refractivity contribution in [3.63, 3.8) is 0 Å². The maximum atomic E-state index is 13.1. The number of ether oxygens (including phenoxy) is 1. The van der Waals surface area contributed by atoms with E-state index in [2.05, 4.69) is 6.92 Å². The van der Waals surface area contributed by atoms with Gasteiger partial charge in [0.1, 0.15) is 5.75 Å². The SMILES string of the molecule is COc1ccc(S(=O)(=O)N2CCC(C)CC2)cc1C(=O)N1CCCCCC1. The largest absolute Gasteiger partial charge is 0.496 e. The van der Waals surface area contributed by atoms with E-state index in [1.807, 2.05) is 4.90 Å². The molecule has 6 nitrogen and oxygen atoms in total. The molecule has 2 aliphatic rings. The summed E-state index contributed by atoms with van der Waals surface area (Å²) in [7, 11) is -2.09. The Hall–Kier alpha value is -1.60. The van der Waals surface area contributed by atoms with Crippen molar-refractivity contribution in [3.05, 3.63) is 23.8 Å². The van der Waals surface area contributed by atoms with Crippen LogP contribution in [-0.2, 0) is 10.0 Å². The number of nitrogens with zero attached hydrogens (tertiary/aromatic N) is 2. The van der Waals surface area contributed by atoms with E-state index >= 15 is 0 Å². The first-order valence-corrected chi connectivity index (χ1v) is 11.3. The summed E-state index contributed by atoms with van der Waals surface area (Å²) in [5.41, 5.74) is 0.339. The third-order valence-corrected chi connectivity index (χ3v) is 7.57. The number of sulfonamides is 1. The second-order valence-electron chi connectivity index (χ2n) is 7.66. The molecule has 1 amide bonds. The van der Waals surface area contributed by atoms with Crippen LogP contribution in [-0.4, -0.2) is 56.8 Å². The molecule has 27 heavy (non-hydrogen) atoms. The second kappa shape index (κ2) is 8.61. The van der Waals surface area contributed by atoms with Gasteiger partial charge in [0.2, 0.25) is 10.0 Å². The van der Waals surface area contributed by atoms with Crippen molar-refractivity contribution in [2.24, 2.45) is 5.92 Å². The number of rotatable bonds is 4. The molecule has 2 aliphatic heterocycles. The van der Waals surface area contributed by atoms with Gasteiger partial charge in [0, 0.05) is 26.2 Å². The second-order valence-corrected chi connectivity index (χ2v) is 9.59. The zero-order valence-corrected chi connectivity index (χ0v) is 17.1. The molecule has 2 saturated heterocycles. The highest BCUT2D eigenvalue weighted by Gasteiger charge is 2.30. The van der Waals surface area contributed by atoms with Crippen LogP contribution in [0.4, 0.5) is 0 Å². The number of hydrogen-bond donors (Lipinski definition) is 0. The van der Waals surface area contributed by atoms with E-state index in [0.29, 0.717) is 43.4 Å². The summed E-state index contributed by atoms with van der Waals surface area (Å²) in [4.78, 5) is 15.1. The Labute approximate surface area is 162 Å². The lowest BCUT2D eigenvalue weighted by Crippen LogP contribution is -2.38. The summed E-state index contributed by atoms with van der Waals surface area (Å²) in [5, 5.41) is 0. The molecule has 0 saturated carbocycles. The number of hydrogen-bond acceptors (Lipinski definition) is 4. The third-order valence-electron chi connectivity index (χ3n) is 5.68. The Morgan fingerprint density at radius 3 is 2.26 bits per heavy atom. The van der Waals surface area contributed by atoms with Crippen molar-refractivity contribution in [2.45, 2.75) is 50.3 Å². The van der Waals surface area contributed by atoms with Gasteiger partial charge in [-0.15, -0.1) is 0 Å². The molecule has 0 bridgehead atoms. The van der Waals surface area contributed by atoms with Gasteiger partial charge in [-0.3, -0.25) is 4.79 Å².